The van der Waals surface area contributed by atoms with Crippen molar-refractivity contribution < 1.29 is 14.3 Å². The Kier molecular flexibility index (Phi) is 4.82. The first-order valence-electron chi connectivity index (χ1n) is 8.54. The van der Waals surface area contributed by atoms with Crippen molar-refractivity contribution in [1.82, 2.24) is 15.3 Å². The third-order valence-corrected chi connectivity index (χ3v) is 4.09. The lowest BCUT2D eigenvalue weighted by atomic mass is 10.2. The number of pyridine rings is 2. The Labute approximate surface area is 156 Å². The number of rotatable bonds is 6. The molecular weight excluding hydrogens is 344 g/mol. The van der Waals surface area contributed by atoms with Gasteiger partial charge in [0.25, 0.3) is 5.91 Å². The lowest BCUT2D eigenvalue weighted by Gasteiger charge is -2.09. The second-order valence-electron chi connectivity index (χ2n) is 5.97. The number of hydrogen-bond acceptors (Lipinski definition) is 6. The molecule has 136 valence electrons. The van der Waals surface area contributed by atoms with Gasteiger partial charge in [-0.05, 0) is 42.0 Å². The summed E-state index contributed by atoms with van der Waals surface area (Å²) in [7, 11) is 0. The van der Waals surface area contributed by atoms with Crippen LogP contribution in [0.15, 0.2) is 60.9 Å². The van der Waals surface area contributed by atoms with Crippen molar-refractivity contribution in [2.75, 3.05) is 12.1 Å². The Morgan fingerprint density at radius 3 is 2.78 bits per heavy atom. The summed E-state index contributed by atoms with van der Waals surface area (Å²) in [6, 6.07) is 14.7. The van der Waals surface area contributed by atoms with Crippen LogP contribution in [0.2, 0.25) is 0 Å². The molecule has 1 aliphatic rings. The molecule has 2 N–H and O–H groups in total. The van der Waals surface area contributed by atoms with Crippen molar-refractivity contribution in [2.24, 2.45) is 0 Å². The molecule has 0 bridgehead atoms. The highest BCUT2D eigenvalue weighted by Crippen LogP contribution is 2.32. The number of anilines is 1. The quantitative estimate of drug-likeness (QED) is 0.701. The number of nitrogens with zero attached hydrogens (tertiary/aromatic N) is 2. The molecule has 0 unspecified atom stereocenters. The molecule has 0 saturated carbocycles. The smallest absolute Gasteiger partial charge is 0.251 e. The van der Waals surface area contributed by atoms with Crippen molar-refractivity contribution >= 4 is 11.7 Å². The minimum atomic E-state index is -0.170. The number of carbonyl (C=O) groups is 1. The summed E-state index contributed by atoms with van der Waals surface area (Å²) < 4.78 is 10.6. The zero-order chi connectivity index (χ0) is 18.5. The topological polar surface area (TPSA) is 85.4 Å². The summed E-state index contributed by atoms with van der Waals surface area (Å²) in [5, 5.41) is 6.08. The first kappa shape index (κ1) is 16.8. The summed E-state index contributed by atoms with van der Waals surface area (Å²) in [6.07, 6.45) is 3.35. The number of ether oxygens (including phenoxy) is 2. The fourth-order valence-corrected chi connectivity index (χ4v) is 2.69. The van der Waals surface area contributed by atoms with Gasteiger partial charge in [0.05, 0.1) is 12.2 Å². The van der Waals surface area contributed by atoms with E-state index >= 15 is 0 Å². The van der Waals surface area contributed by atoms with Gasteiger partial charge >= 0.3 is 0 Å². The van der Waals surface area contributed by atoms with Gasteiger partial charge in [0.15, 0.2) is 11.5 Å². The van der Waals surface area contributed by atoms with Gasteiger partial charge in [0, 0.05) is 24.5 Å². The SMILES string of the molecule is O=C(NCc1ccc2c(c1)OCO2)c1ccnc(NCc2ccccn2)c1. The molecule has 27 heavy (non-hydrogen) atoms. The Balaban J connectivity index is 1.36. The maximum Gasteiger partial charge on any atom is 0.251 e. The van der Waals surface area contributed by atoms with E-state index in [-0.39, 0.29) is 12.7 Å². The van der Waals surface area contributed by atoms with E-state index in [4.69, 9.17) is 9.47 Å². The van der Waals surface area contributed by atoms with Crippen LogP contribution in [-0.4, -0.2) is 22.7 Å². The minimum absolute atomic E-state index is 0.170. The molecule has 7 heteroatoms. The number of hydrogen-bond donors (Lipinski definition) is 2. The highest BCUT2D eigenvalue weighted by atomic mass is 16.7. The molecule has 1 amide bonds. The summed E-state index contributed by atoms with van der Waals surface area (Å²) in [5.74, 6) is 1.88. The third kappa shape index (κ3) is 4.14. The number of nitrogens with one attached hydrogen (secondary N) is 2. The first-order chi connectivity index (χ1) is 13.3. The monoisotopic (exact) mass is 362 g/mol. The predicted molar refractivity (Wildman–Crippen MR) is 99.5 cm³/mol. The first-order valence-corrected chi connectivity index (χ1v) is 8.54. The molecule has 4 rings (SSSR count). The Morgan fingerprint density at radius 2 is 1.89 bits per heavy atom. The molecule has 0 radical (unpaired) electrons. The van der Waals surface area contributed by atoms with Crippen LogP contribution < -0.4 is 20.1 Å². The van der Waals surface area contributed by atoms with Crippen LogP contribution >= 0.6 is 0 Å². The van der Waals surface area contributed by atoms with Gasteiger partial charge in [0.2, 0.25) is 6.79 Å². The van der Waals surface area contributed by atoms with Crippen molar-refractivity contribution in [1.29, 1.82) is 0 Å². The summed E-state index contributed by atoms with van der Waals surface area (Å²) >= 11 is 0. The molecule has 0 spiro atoms. The van der Waals surface area contributed by atoms with E-state index in [0.717, 1.165) is 17.0 Å². The van der Waals surface area contributed by atoms with Gasteiger partial charge in [0.1, 0.15) is 5.82 Å². The fraction of sp³-hybridized carbons (Fsp3) is 0.150. The highest BCUT2D eigenvalue weighted by molar-refractivity contribution is 5.94. The lowest BCUT2D eigenvalue weighted by molar-refractivity contribution is 0.0950. The van der Waals surface area contributed by atoms with Crippen LogP contribution in [0.1, 0.15) is 21.6 Å². The molecule has 2 aromatic heterocycles. The van der Waals surface area contributed by atoms with Crippen LogP contribution in [0, 0.1) is 0 Å². The minimum Gasteiger partial charge on any atom is -0.454 e. The molecule has 1 aromatic carbocycles. The van der Waals surface area contributed by atoms with Crippen molar-refractivity contribution in [3.63, 3.8) is 0 Å². The molecule has 7 nitrogen and oxygen atoms in total. The van der Waals surface area contributed by atoms with Crippen LogP contribution in [-0.2, 0) is 13.1 Å². The third-order valence-electron chi connectivity index (χ3n) is 4.09. The maximum atomic E-state index is 12.4. The summed E-state index contributed by atoms with van der Waals surface area (Å²) in [6.45, 7) is 1.17. The predicted octanol–water partition coefficient (Wildman–Crippen LogP) is 2.75. The van der Waals surface area contributed by atoms with E-state index in [1.54, 1.807) is 24.5 Å². The molecule has 0 fully saturated rings. The Bertz CT molecular complexity index is 947. The van der Waals surface area contributed by atoms with E-state index in [0.29, 0.717) is 30.2 Å². The van der Waals surface area contributed by atoms with Crippen LogP contribution in [0.4, 0.5) is 5.82 Å². The average Bonchev–Trinajstić information content (AvgIpc) is 3.19. The van der Waals surface area contributed by atoms with Crippen molar-refractivity contribution in [3.05, 3.63) is 77.7 Å². The van der Waals surface area contributed by atoms with Crippen molar-refractivity contribution in [2.45, 2.75) is 13.1 Å². The normalized spacial score (nSPS) is 11.9. The molecule has 3 heterocycles. The van der Waals surface area contributed by atoms with E-state index in [1.165, 1.54) is 0 Å². The van der Waals surface area contributed by atoms with Gasteiger partial charge in [-0.2, -0.15) is 0 Å². The zero-order valence-electron chi connectivity index (χ0n) is 14.5. The van der Waals surface area contributed by atoms with E-state index in [2.05, 4.69) is 20.6 Å². The Morgan fingerprint density at radius 1 is 0.963 bits per heavy atom. The second-order valence-corrected chi connectivity index (χ2v) is 5.97. The van der Waals surface area contributed by atoms with Gasteiger partial charge < -0.3 is 20.1 Å². The highest BCUT2D eigenvalue weighted by Gasteiger charge is 2.14. The summed E-state index contributed by atoms with van der Waals surface area (Å²) in [5.41, 5.74) is 2.38. The lowest BCUT2D eigenvalue weighted by Crippen LogP contribution is -2.23. The van der Waals surface area contributed by atoms with Crippen LogP contribution in [0.25, 0.3) is 0 Å². The van der Waals surface area contributed by atoms with Crippen LogP contribution in [0.3, 0.4) is 0 Å². The van der Waals surface area contributed by atoms with E-state index < -0.39 is 0 Å². The van der Waals surface area contributed by atoms with Crippen LogP contribution in [0.5, 0.6) is 11.5 Å². The molecular formula is C20H18N4O3. The molecule has 0 atom stereocenters. The summed E-state index contributed by atoms with van der Waals surface area (Å²) in [4.78, 5) is 20.9. The number of aromatic nitrogens is 2. The van der Waals surface area contributed by atoms with Gasteiger partial charge in [-0.3, -0.25) is 9.78 Å². The Hall–Kier alpha value is -3.61. The second kappa shape index (κ2) is 7.74. The van der Waals surface area contributed by atoms with E-state index in [1.807, 2.05) is 36.4 Å². The zero-order valence-corrected chi connectivity index (χ0v) is 14.5. The van der Waals surface area contributed by atoms with Gasteiger partial charge in [-0.15, -0.1) is 0 Å². The maximum absolute atomic E-state index is 12.4. The number of amides is 1. The molecule has 0 saturated heterocycles. The molecule has 1 aliphatic heterocycles. The average molecular weight is 362 g/mol. The van der Waals surface area contributed by atoms with Gasteiger partial charge in [-0.1, -0.05) is 12.1 Å². The number of fused-ring (bicyclic) bond motifs is 1. The van der Waals surface area contributed by atoms with Gasteiger partial charge in [-0.25, -0.2) is 4.98 Å². The van der Waals surface area contributed by atoms with Crippen molar-refractivity contribution in [3.8, 4) is 11.5 Å². The fourth-order valence-electron chi connectivity index (χ4n) is 2.69. The number of benzene rings is 1. The molecule has 0 aliphatic carbocycles. The standard InChI is InChI=1S/C20H18N4O3/c25-20(24-11-14-4-5-17-18(9-14)27-13-26-17)15-6-8-22-19(10-15)23-12-16-3-1-2-7-21-16/h1-10H,11-13H2,(H,22,23)(H,24,25). The molecule has 3 aromatic rings. The number of carbonyl (C=O) groups excluding carboxylic acids is 1. The largest absolute Gasteiger partial charge is 0.454 e. The van der Waals surface area contributed by atoms with E-state index in [9.17, 15) is 4.79 Å².